The average Bonchev–Trinajstić information content (AvgIpc) is 2.82. The van der Waals surface area contributed by atoms with E-state index >= 15 is 0 Å². The number of carbonyl (C=O) groups excluding carboxylic acids is 2. The minimum atomic E-state index is -0.686. The molecule has 1 aliphatic rings. The molecule has 31 heavy (non-hydrogen) atoms. The van der Waals surface area contributed by atoms with E-state index in [4.69, 9.17) is 9.15 Å². The van der Waals surface area contributed by atoms with Gasteiger partial charge >= 0.3 is 11.7 Å². The Morgan fingerprint density at radius 3 is 2.42 bits per heavy atom. The molecule has 0 saturated carbocycles. The van der Waals surface area contributed by atoms with Crippen LogP contribution in [0.5, 0.6) is 5.75 Å². The Morgan fingerprint density at radius 2 is 1.71 bits per heavy atom. The Bertz CT molecular complexity index is 1150. The van der Waals surface area contributed by atoms with Gasteiger partial charge in [-0.1, -0.05) is 30.3 Å². The Kier molecular flexibility index (Phi) is 5.88. The van der Waals surface area contributed by atoms with Crippen molar-refractivity contribution in [2.75, 3.05) is 33.3 Å². The number of piperazine rings is 1. The van der Waals surface area contributed by atoms with Crippen LogP contribution in [0.1, 0.15) is 15.9 Å². The summed E-state index contributed by atoms with van der Waals surface area (Å²) in [5, 5.41) is 3.53. The topological polar surface area (TPSA) is 92.1 Å². The molecule has 2 heterocycles. The van der Waals surface area contributed by atoms with Gasteiger partial charge in [0.1, 0.15) is 16.9 Å². The van der Waals surface area contributed by atoms with E-state index in [-0.39, 0.29) is 11.6 Å². The van der Waals surface area contributed by atoms with Crippen molar-refractivity contribution in [3.63, 3.8) is 0 Å². The normalized spacial score (nSPS) is 13.8. The van der Waals surface area contributed by atoms with Crippen molar-refractivity contribution in [2.24, 2.45) is 0 Å². The maximum Gasteiger partial charge on any atom is 0.349 e. The van der Waals surface area contributed by atoms with Crippen molar-refractivity contribution in [3.8, 4) is 5.75 Å². The van der Waals surface area contributed by atoms with Gasteiger partial charge in [0.15, 0.2) is 0 Å². The number of urea groups is 1. The number of benzene rings is 2. The van der Waals surface area contributed by atoms with Gasteiger partial charge in [-0.3, -0.25) is 4.79 Å². The molecule has 4 rings (SSSR count). The molecule has 0 aliphatic carbocycles. The van der Waals surface area contributed by atoms with Gasteiger partial charge in [-0.05, 0) is 23.8 Å². The molecule has 0 bridgehead atoms. The lowest BCUT2D eigenvalue weighted by Crippen LogP contribution is -2.53. The van der Waals surface area contributed by atoms with Gasteiger partial charge in [-0.25, -0.2) is 9.59 Å². The minimum absolute atomic E-state index is 0.0142. The Hall–Kier alpha value is -3.81. The first-order chi connectivity index (χ1) is 15.0. The first-order valence-corrected chi connectivity index (χ1v) is 10.0. The zero-order valence-electron chi connectivity index (χ0n) is 17.2. The first kappa shape index (κ1) is 20.5. The molecule has 1 aliphatic heterocycles. The molecule has 0 atom stereocenters. The number of rotatable bonds is 4. The Labute approximate surface area is 179 Å². The highest BCUT2D eigenvalue weighted by Crippen LogP contribution is 2.21. The van der Waals surface area contributed by atoms with Crippen molar-refractivity contribution in [1.82, 2.24) is 15.1 Å². The van der Waals surface area contributed by atoms with Gasteiger partial charge in [-0.15, -0.1) is 0 Å². The molecule has 3 aromatic rings. The van der Waals surface area contributed by atoms with Crippen LogP contribution in [0.2, 0.25) is 0 Å². The first-order valence-electron chi connectivity index (χ1n) is 10.0. The van der Waals surface area contributed by atoms with Crippen molar-refractivity contribution >= 4 is 22.9 Å². The molecule has 1 aromatic heterocycles. The van der Waals surface area contributed by atoms with E-state index in [1.165, 1.54) is 7.11 Å². The molecule has 0 radical (unpaired) electrons. The molecule has 1 saturated heterocycles. The lowest BCUT2D eigenvalue weighted by atomic mass is 10.1. The van der Waals surface area contributed by atoms with Crippen molar-refractivity contribution in [1.29, 1.82) is 0 Å². The molecule has 0 unspecified atom stereocenters. The van der Waals surface area contributed by atoms with Gasteiger partial charge in [0.2, 0.25) is 0 Å². The summed E-state index contributed by atoms with van der Waals surface area (Å²) in [5.41, 5.74) is 0.680. The smallest absolute Gasteiger partial charge is 0.349 e. The van der Waals surface area contributed by atoms with Crippen LogP contribution >= 0.6 is 0 Å². The average molecular weight is 421 g/mol. The largest absolute Gasteiger partial charge is 0.497 e. The molecule has 1 N–H and O–H groups in total. The SMILES string of the molecule is COc1ccc2cc(C(=O)N3CCN(C(=O)NCc4ccccc4)CC3)c(=O)oc2c1. The number of methoxy groups -OCH3 is 1. The lowest BCUT2D eigenvalue weighted by molar-refractivity contribution is 0.0661. The van der Waals surface area contributed by atoms with Crippen LogP contribution in [-0.4, -0.2) is 55.0 Å². The van der Waals surface area contributed by atoms with Crippen LogP contribution < -0.4 is 15.7 Å². The fourth-order valence-corrected chi connectivity index (χ4v) is 3.54. The number of ether oxygens (including phenoxy) is 1. The summed E-state index contributed by atoms with van der Waals surface area (Å²) in [4.78, 5) is 40.9. The molecule has 8 heteroatoms. The molecule has 1 fully saturated rings. The van der Waals surface area contributed by atoms with E-state index in [9.17, 15) is 14.4 Å². The fourth-order valence-electron chi connectivity index (χ4n) is 3.54. The molecule has 160 valence electrons. The quantitative estimate of drug-likeness (QED) is 0.654. The van der Waals surface area contributed by atoms with E-state index in [2.05, 4.69) is 5.32 Å². The molecular formula is C23H23N3O5. The number of hydrogen-bond donors (Lipinski definition) is 1. The summed E-state index contributed by atoms with van der Waals surface area (Å²) < 4.78 is 10.5. The minimum Gasteiger partial charge on any atom is -0.497 e. The maximum absolute atomic E-state index is 12.9. The van der Waals surface area contributed by atoms with Crippen LogP contribution in [-0.2, 0) is 6.54 Å². The van der Waals surface area contributed by atoms with E-state index < -0.39 is 11.5 Å². The number of carbonyl (C=O) groups is 2. The number of nitrogens with zero attached hydrogens (tertiary/aromatic N) is 2. The summed E-state index contributed by atoms with van der Waals surface area (Å²) in [5.74, 6) is 0.173. The van der Waals surface area contributed by atoms with Gasteiger partial charge in [0.05, 0.1) is 7.11 Å². The number of fused-ring (bicyclic) bond motifs is 1. The zero-order chi connectivity index (χ0) is 21.8. The van der Waals surface area contributed by atoms with E-state index in [1.807, 2.05) is 30.3 Å². The van der Waals surface area contributed by atoms with Gasteiger partial charge in [0.25, 0.3) is 5.91 Å². The highest BCUT2D eigenvalue weighted by atomic mass is 16.5. The standard InChI is InChI=1S/C23H23N3O5/c1-30-18-8-7-17-13-19(22(28)31-20(17)14-18)21(27)25-9-11-26(12-10-25)23(29)24-15-16-5-3-2-4-6-16/h2-8,13-14H,9-12,15H2,1H3,(H,24,29). The second kappa shape index (κ2) is 8.91. The third-order valence-electron chi connectivity index (χ3n) is 5.31. The van der Waals surface area contributed by atoms with E-state index in [0.717, 1.165) is 5.56 Å². The Balaban J connectivity index is 1.38. The number of hydrogen-bond acceptors (Lipinski definition) is 5. The van der Waals surface area contributed by atoms with Crippen LogP contribution in [0.4, 0.5) is 4.79 Å². The fraction of sp³-hybridized carbons (Fsp3) is 0.261. The Morgan fingerprint density at radius 1 is 1.00 bits per heavy atom. The third kappa shape index (κ3) is 4.53. The summed E-state index contributed by atoms with van der Waals surface area (Å²) in [6.45, 7) is 1.92. The summed E-state index contributed by atoms with van der Waals surface area (Å²) >= 11 is 0. The molecule has 0 spiro atoms. The summed E-state index contributed by atoms with van der Waals surface area (Å²) in [6.07, 6.45) is 0. The summed E-state index contributed by atoms with van der Waals surface area (Å²) in [7, 11) is 1.53. The number of amides is 3. The van der Waals surface area contributed by atoms with Crippen molar-refractivity contribution in [2.45, 2.75) is 6.54 Å². The molecule has 8 nitrogen and oxygen atoms in total. The predicted molar refractivity (Wildman–Crippen MR) is 115 cm³/mol. The second-order valence-electron chi connectivity index (χ2n) is 7.27. The zero-order valence-corrected chi connectivity index (χ0v) is 17.2. The van der Waals surface area contributed by atoms with Gasteiger partial charge in [-0.2, -0.15) is 0 Å². The molecular weight excluding hydrogens is 398 g/mol. The molecule has 2 aromatic carbocycles. The monoisotopic (exact) mass is 421 g/mol. The highest BCUT2D eigenvalue weighted by molar-refractivity contribution is 5.97. The van der Waals surface area contributed by atoms with E-state index in [1.54, 1.807) is 34.1 Å². The van der Waals surface area contributed by atoms with E-state index in [0.29, 0.717) is 49.4 Å². The molecule has 3 amide bonds. The predicted octanol–water partition coefficient (Wildman–Crippen LogP) is 2.47. The van der Waals surface area contributed by atoms with Crippen LogP contribution in [0.15, 0.2) is 63.8 Å². The van der Waals surface area contributed by atoms with Crippen LogP contribution in [0, 0.1) is 0 Å². The van der Waals surface area contributed by atoms with Gasteiger partial charge < -0.3 is 24.3 Å². The van der Waals surface area contributed by atoms with Crippen molar-refractivity contribution < 1.29 is 18.7 Å². The number of nitrogens with one attached hydrogen (secondary N) is 1. The maximum atomic E-state index is 12.9. The summed E-state index contributed by atoms with van der Waals surface area (Å²) in [6, 6.07) is 16.1. The van der Waals surface area contributed by atoms with Crippen LogP contribution in [0.3, 0.4) is 0 Å². The highest BCUT2D eigenvalue weighted by Gasteiger charge is 2.27. The van der Waals surface area contributed by atoms with Crippen LogP contribution in [0.25, 0.3) is 11.0 Å². The second-order valence-corrected chi connectivity index (χ2v) is 7.27. The lowest BCUT2D eigenvalue weighted by Gasteiger charge is -2.34. The van der Waals surface area contributed by atoms with Gasteiger partial charge in [0, 0.05) is 44.2 Å². The third-order valence-corrected chi connectivity index (χ3v) is 5.31. The van der Waals surface area contributed by atoms with Crippen molar-refractivity contribution in [3.05, 3.63) is 76.1 Å².